The number of carbonyl (C=O) groups is 2. The molecule has 2 rings (SSSR count). The van der Waals surface area contributed by atoms with E-state index < -0.39 is 41.5 Å². The van der Waals surface area contributed by atoms with Gasteiger partial charge in [-0.05, 0) is 27.7 Å². The Morgan fingerprint density at radius 1 is 1.24 bits per heavy atom. The average Bonchev–Trinajstić information content (AvgIpc) is 3.06. The van der Waals surface area contributed by atoms with Gasteiger partial charge in [-0.3, -0.25) is 9.89 Å². The predicted octanol–water partition coefficient (Wildman–Crippen LogP) is 2.78. The van der Waals surface area contributed by atoms with Crippen molar-refractivity contribution in [3.05, 3.63) is 25.3 Å². The molecule has 9 heteroatoms. The van der Waals surface area contributed by atoms with Crippen LogP contribution in [0.2, 0.25) is 0 Å². The van der Waals surface area contributed by atoms with Crippen molar-refractivity contribution in [2.24, 2.45) is 4.99 Å². The highest BCUT2D eigenvalue weighted by atomic mass is 32.2. The molecular weight excluding hydrogens is 396 g/mol. The first-order valence-corrected chi connectivity index (χ1v) is 10.4. The fourth-order valence-corrected chi connectivity index (χ4v) is 4.25. The number of rotatable bonds is 8. The molecule has 0 saturated carbocycles. The molecule has 5 atom stereocenters. The maximum absolute atomic E-state index is 12.6. The number of hydrogen-bond acceptors (Lipinski definition) is 8. The molecule has 2 aliphatic heterocycles. The summed E-state index contributed by atoms with van der Waals surface area (Å²) in [5.41, 5.74) is -1.10. The smallest absolute Gasteiger partial charge is 0.416 e. The van der Waals surface area contributed by atoms with Crippen molar-refractivity contribution >= 4 is 29.3 Å². The van der Waals surface area contributed by atoms with Crippen LogP contribution in [-0.4, -0.2) is 77.6 Å². The van der Waals surface area contributed by atoms with Crippen LogP contribution in [0, 0.1) is 0 Å². The molecule has 1 fully saturated rings. The van der Waals surface area contributed by atoms with E-state index in [2.05, 4.69) is 13.2 Å². The van der Waals surface area contributed by atoms with Crippen LogP contribution < -0.4 is 0 Å². The number of aliphatic imine (C=N–C) groups is 1. The number of amides is 1. The van der Waals surface area contributed by atoms with Gasteiger partial charge < -0.3 is 23.7 Å². The van der Waals surface area contributed by atoms with Gasteiger partial charge in [-0.2, -0.15) is 0 Å². The molecular formula is C20H30N2O6S. The minimum absolute atomic E-state index is 0.242. The number of thioether (sulfide) groups is 1. The number of hydrogen-bond donors (Lipinski definition) is 0. The number of nitrogens with zero attached hydrogens (tertiary/aromatic N) is 2. The van der Waals surface area contributed by atoms with Gasteiger partial charge in [-0.15, -0.1) is 13.2 Å². The minimum Gasteiger partial charge on any atom is -0.443 e. The van der Waals surface area contributed by atoms with Gasteiger partial charge in [0.15, 0.2) is 11.5 Å². The van der Waals surface area contributed by atoms with Crippen LogP contribution >= 0.6 is 11.8 Å². The number of carbonyl (C=O) groups excluding carboxylic acids is 2. The Balaban J connectivity index is 2.28. The fraction of sp³-hybridized carbons (Fsp3) is 0.650. The van der Waals surface area contributed by atoms with Gasteiger partial charge in [0.05, 0.1) is 13.2 Å². The SMILES string of the molecule is C=CCO[C@@H]1[C@H]2N=C(N(CC)C(=O)OC(C)(C)C)S[C@H]2O[C@H](C=O)[C@H]1OCC=C. The molecule has 2 heterocycles. The highest BCUT2D eigenvalue weighted by Gasteiger charge is 2.51. The predicted molar refractivity (Wildman–Crippen MR) is 112 cm³/mol. The van der Waals surface area contributed by atoms with E-state index in [-0.39, 0.29) is 13.2 Å². The van der Waals surface area contributed by atoms with Crippen LogP contribution in [-0.2, 0) is 23.7 Å². The lowest BCUT2D eigenvalue weighted by molar-refractivity contribution is -0.182. The fourth-order valence-electron chi connectivity index (χ4n) is 2.99. The van der Waals surface area contributed by atoms with E-state index in [0.29, 0.717) is 18.0 Å². The summed E-state index contributed by atoms with van der Waals surface area (Å²) in [7, 11) is 0. The van der Waals surface area contributed by atoms with E-state index in [1.54, 1.807) is 32.9 Å². The lowest BCUT2D eigenvalue weighted by atomic mass is 9.98. The van der Waals surface area contributed by atoms with E-state index in [1.165, 1.54) is 16.7 Å². The van der Waals surface area contributed by atoms with Crippen LogP contribution in [0.3, 0.4) is 0 Å². The summed E-state index contributed by atoms with van der Waals surface area (Å²) < 4.78 is 23.1. The second-order valence-corrected chi connectivity index (χ2v) is 8.59. The van der Waals surface area contributed by atoms with Crippen LogP contribution in [0.5, 0.6) is 0 Å². The van der Waals surface area contributed by atoms with Crippen LogP contribution in [0.25, 0.3) is 0 Å². The summed E-state index contributed by atoms with van der Waals surface area (Å²) in [6.07, 6.45) is 1.44. The molecule has 0 N–H and O–H groups in total. The van der Waals surface area contributed by atoms with E-state index in [0.717, 1.165) is 0 Å². The summed E-state index contributed by atoms with van der Waals surface area (Å²) in [5, 5.41) is 0.470. The molecule has 0 aliphatic carbocycles. The second-order valence-electron chi connectivity index (χ2n) is 7.52. The van der Waals surface area contributed by atoms with E-state index >= 15 is 0 Å². The summed E-state index contributed by atoms with van der Waals surface area (Å²) in [4.78, 5) is 30.4. The zero-order chi connectivity index (χ0) is 21.6. The average molecular weight is 427 g/mol. The number of amidine groups is 1. The van der Waals surface area contributed by atoms with Crippen molar-refractivity contribution in [2.45, 2.75) is 63.1 Å². The topological polar surface area (TPSA) is 86.7 Å². The third-order valence-electron chi connectivity index (χ3n) is 4.14. The van der Waals surface area contributed by atoms with Crippen molar-refractivity contribution in [1.82, 2.24) is 4.90 Å². The summed E-state index contributed by atoms with van der Waals surface area (Å²) >= 11 is 1.28. The monoisotopic (exact) mass is 426 g/mol. The Morgan fingerprint density at radius 2 is 1.86 bits per heavy atom. The summed E-state index contributed by atoms with van der Waals surface area (Å²) in [6, 6.07) is -0.447. The molecule has 162 valence electrons. The molecule has 0 unspecified atom stereocenters. The lowest BCUT2D eigenvalue weighted by Gasteiger charge is -2.40. The van der Waals surface area contributed by atoms with Crippen molar-refractivity contribution in [1.29, 1.82) is 0 Å². The maximum atomic E-state index is 12.6. The van der Waals surface area contributed by atoms with Crippen molar-refractivity contribution in [2.75, 3.05) is 19.8 Å². The maximum Gasteiger partial charge on any atom is 0.416 e. The normalized spacial score (nSPS) is 28.8. The van der Waals surface area contributed by atoms with Crippen molar-refractivity contribution in [3.63, 3.8) is 0 Å². The zero-order valence-electron chi connectivity index (χ0n) is 17.4. The number of ether oxygens (including phenoxy) is 4. The zero-order valence-corrected chi connectivity index (χ0v) is 18.2. The Morgan fingerprint density at radius 3 is 2.38 bits per heavy atom. The molecule has 2 aliphatic rings. The van der Waals surface area contributed by atoms with Crippen LogP contribution in [0.15, 0.2) is 30.3 Å². The Bertz CT molecular complexity index is 647. The van der Waals surface area contributed by atoms with Gasteiger partial charge in [-0.25, -0.2) is 4.79 Å². The third-order valence-corrected chi connectivity index (χ3v) is 5.30. The second kappa shape index (κ2) is 10.4. The molecule has 0 spiro atoms. The lowest BCUT2D eigenvalue weighted by Crippen LogP contribution is -2.57. The molecule has 0 radical (unpaired) electrons. The van der Waals surface area contributed by atoms with Gasteiger partial charge in [0.1, 0.15) is 35.4 Å². The first kappa shape index (κ1) is 23.6. The summed E-state index contributed by atoms with van der Waals surface area (Å²) in [6.45, 7) is 15.5. The van der Waals surface area contributed by atoms with Gasteiger partial charge in [-0.1, -0.05) is 23.9 Å². The Labute approximate surface area is 176 Å². The summed E-state index contributed by atoms with van der Waals surface area (Å²) in [5.74, 6) is 0. The Hall–Kier alpha value is -1.68. The van der Waals surface area contributed by atoms with Gasteiger partial charge in [0, 0.05) is 6.54 Å². The first-order valence-electron chi connectivity index (χ1n) is 9.56. The van der Waals surface area contributed by atoms with Crippen molar-refractivity contribution in [3.8, 4) is 0 Å². The Kier molecular flexibility index (Phi) is 8.45. The molecule has 0 bridgehead atoms. The van der Waals surface area contributed by atoms with Crippen LogP contribution in [0.1, 0.15) is 27.7 Å². The standard InChI is InChI=1S/C20H30N2O6S/c1-7-10-25-15-13(12-23)27-17-14(16(15)26-11-8-2)21-18(29-17)22(9-3)19(24)28-20(4,5)6/h7-8,12-17H,1-2,9-11H2,3-6H3/t13-,14-,15-,16-,17-/m1/s1. The number of aldehydes is 1. The third kappa shape index (κ3) is 5.91. The van der Waals surface area contributed by atoms with Gasteiger partial charge in [0.2, 0.25) is 0 Å². The highest BCUT2D eigenvalue weighted by molar-refractivity contribution is 8.14. The minimum atomic E-state index is -0.815. The molecule has 8 nitrogen and oxygen atoms in total. The quantitative estimate of drug-likeness (QED) is 0.436. The van der Waals surface area contributed by atoms with E-state index in [1.807, 2.05) is 6.92 Å². The molecule has 0 aromatic rings. The molecule has 0 aromatic carbocycles. The van der Waals surface area contributed by atoms with Gasteiger partial charge >= 0.3 is 6.09 Å². The van der Waals surface area contributed by atoms with E-state index in [9.17, 15) is 9.59 Å². The first-order chi connectivity index (χ1) is 13.8. The number of fused-ring (bicyclic) bond motifs is 1. The van der Waals surface area contributed by atoms with E-state index in [4.69, 9.17) is 23.9 Å². The molecule has 1 saturated heterocycles. The molecule has 29 heavy (non-hydrogen) atoms. The molecule has 0 aromatic heterocycles. The highest BCUT2D eigenvalue weighted by Crippen LogP contribution is 2.39. The van der Waals surface area contributed by atoms with Crippen LogP contribution in [0.4, 0.5) is 4.79 Å². The molecule has 1 amide bonds. The van der Waals surface area contributed by atoms with Gasteiger partial charge in [0.25, 0.3) is 0 Å². The largest absolute Gasteiger partial charge is 0.443 e. The van der Waals surface area contributed by atoms with Crippen molar-refractivity contribution < 1.29 is 28.5 Å².